The van der Waals surface area contributed by atoms with E-state index in [0.717, 1.165) is 0 Å². The number of para-hydroxylation sites is 1. The zero-order valence-corrected chi connectivity index (χ0v) is 14.1. The van der Waals surface area contributed by atoms with Crippen molar-refractivity contribution in [1.29, 1.82) is 0 Å². The summed E-state index contributed by atoms with van der Waals surface area (Å²) in [4.78, 5) is 36.9. The minimum Gasteiger partial charge on any atom is -0.444 e. The average molecular weight is 321 g/mol. The number of carbonyl (C=O) groups excluding carboxylic acids is 3. The lowest BCUT2D eigenvalue weighted by molar-refractivity contribution is -0.115. The number of carbonyl (C=O) groups is 3. The maximum absolute atomic E-state index is 12.1. The number of hydrogen-bond donors (Lipinski definition) is 2. The van der Waals surface area contributed by atoms with Gasteiger partial charge in [0.1, 0.15) is 12.1 Å². The summed E-state index contributed by atoms with van der Waals surface area (Å²) in [6.07, 6.45) is -0.676. The van der Waals surface area contributed by atoms with Gasteiger partial charge in [-0.25, -0.2) is 4.79 Å². The highest BCUT2D eigenvalue weighted by molar-refractivity contribution is 6.04. The van der Waals surface area contributed by atoms with Crippen molar-refractivity contribution in [2.75, 3.05) is 26.0 Å². The van der Waals surface area contributed by atoms with Crippen LogP contribution in [0.1, 0.15) is 31.1 Å². The second-order valence-electron chi connectivity index (χ2n) is 6.15. The summed E-state index contributed by atoms with van der Waals surface area (Å²) >= 11 is 0. The number of amides is 3. The van der Waals surface area contributed by atoms with Crippen LogP contribution in [0.15, 0.2) is 24.3 Å². The van der Waals surface area contributed by atoms with Crippen molar-refractivity contribution < 1.29 is 19.1 Å². The van der Waals surface area contributed by atoms with Crippen molar-refractivity contribution in [1.82, 2.24) is 10.2 Å². The SMILES string of the molecule is CN(C)C(=O)c1ccccc1NC(=O)CNC(=O)OC(C)(C)C. The van der Waals surface area contributed by atoms with Crippen molar-refractivity contribution in [3.05, 3.63) is 29.8 Å². The molecule has 0 radical (unpaired) electrons. The maximum atomic E-state index is 12.1. The Hall–Kier alpha value is -2.57. The van der Waals surface area contributed by atoms with E-state index in [1.165, 1.54) is 4.90 Å². The van der Waals surface area contributed by atoms with Crippen LogP contribution >= 0.6 is 0 Å². The van der Waals surface area contributed by atoms with Crippen LogP contribution in [0.4, 0.5) is 10.5 Å². The molecule has 126 valence electrons. The number of ether oxygens (including phenoxy) is 1. The molecular formula is C16H23N3O4. The Balaban J connectivity index is 2.65. The lowest BCUT2D eigenvalue weighted by Gasteiger charge is -2.19. The van der Waals surface area contributed by atoms with Crippen molar-refractivity contribution in [2.24, 2.45) is 0 Å². The normalized spacial score (nSPS) is 10.7. The molecule has 0 spiro atoms. The van der Waals surface area contributed by atoms with E-state index >= 15 is 0 Å². The van der Waals surface area contributed by atoms with E-state index in [9.17, 15) is 14.4 Å². The molecule has 0 aliphatic rings. The van der Waals surface area contributed by atoms with Crippen LogP contribution in [-0.2, 0) is 9.53 Å². The number of nitrogens with zero attached hydrogens (tertiary/aromatic N) is 1. The number of anilines is 1. The van der Waals surface area contributed by atoms with Gasteiger partial charge in [0.15, 0.2) is 0 Å². The van der Waals surface area contributed by atoms with E-state index in [-0.39, 0.29) is 12.5 Å². The van der Waals surface area contributed by atoms with Gasteiger partial charge in [-0.3, -0.25) is 9.59 Å². The quantitative estimate of drug-likeness (QED) is 0.886. The van der Waals surface area contributed by atoms with Crippen molar-refractivity contribution in [3.63, 3.8) is 0 Å². The third-order valence-corrected chi connectivity index (χ3v) is 2.63. The Morgan fingerprint density at radius 1 is 1.13 bits per heavy atom. The third kappa shape index (κ3) is 6.37. The fourth-order valence-corrected chi connectivity index (χ4v) is 1.68. The van der Waals surface area contributed by atoms with Gasteiger partial charge in [0, 0.05) is 14.1 Å². The number of rotatable bonds is 4. The third-order valence-electron chi connectivity index (χ3n) is 2.63. The van der Waals surface area contributed by atoms with Crippen molar-refractivity contribution in [2.45, 2.75) is 26.4 Å². The fraction of sp³-hybridized carbons (Fsp3) is 0.438. The minimum atomic E-state index is -0.676. The molecule has 0 aliphatic carbocycles. The smallest absolute Gasteiger partial charge is 0.408 e. The van der Waals surface area contributed by atoms with E-state index in [1.807, 2.05) is 0 Å². The van der Waals surface area contributed by atoms with Crippen LogP contribution in [0, 0.1) is 0 Å². The highest BCUT2D eigenvalue weighted by Gasteiger charge is 2.18. The van der Waals surface area contributed by atoms with Gasteiger partial charge in [-0.2, -0.15) is 0 Å². The fourth-order valence-electron chi connectivity index (χ4n) is 1.68. The van der Waals surface area contributed by atoms with Gasteiger partial charge in [0.25, 0.3) is 5.91 Å². The van der Waals surface area contributed by atoms with Gasteiger partial charge in [-0.15, -0.1) is 0 Å². The minimum absolute atomic E-state index is 0.221. The maximum Gasteiger partial charge on any atom is 0.408 e. The van der Waals surface area contributed by atoms with Crippen LogP contribution in [0.5, 0.6) is 0 Å². The van der Waals surface area contributed by atoms with Gasteiger partial charge < -0.3 is 20.3 Å². The number of benzene rings is 1. The molecule has 2 N–H and O–H groups in total. The Kier molecular flexibility index (Phi) is 6.12. The van der Waals surface area contributed by atoms with Crippen molar-refractivity contribution >= 4 is 23.6 Å². The number of hydrogen-bond acceptors (Lipinski definition) is 4. The Morgan fingerprint density at radius 3 is 2.30 bits per heavy atom. The summed E-state index contributed by atoms with van der Waals surface area (Å²) in [5, 5.41) is 4.97. The molecule has 0 aliphatic heterocycles. The zero-order valence-electron chi connectivity index (χ0n) is 14.1. The summed E-state index contributed by atoms with van der Waals surface area (Å²) in [5.74, 6) is -0.670. The molecule has 1 aromatic rings. The highest BCUT2D eigenvalue weighted by atomic mass is 16.6. The first-order valence-corrected chi connectivity index (χ1v) is 7.17. The first kappa shape index (κ1) is 18.5. The summed E-state index contributed by atoms with van der Waals surface area (Å²) in [7, 11) is 3.26. The van der Waals surface area contributed by atoms with Gasteiger partial charge in [-0.1, -0.05) is 12.1 Å². The van der Waals surface area contributed by atoms with E-state index in [0.29, 0.717) is 11.3 Å². The van der Waals surface area contributed by atoms with Crippen LogP contribution in [0.25, 0.3) is 0 Å². The topological polar surface area (TPSA) is 87.7 Å². The van der Waals surface area contributed by atoms with E-state index in [4.69, 9.17) is 4.74 Å². The predicted molar refractivity (Wildman–Crippen MR) is 87.3 cm³/mol. The average Bonchev–Trinajstić information content (AvgIpc) is 2.43. The lowest BCUT2D eigenvalue weighted by Crippen LogP contribution is -2.37. The Morgan fingerprint density at radius 2 is 1.74 bits per heavy atom. The molecule has 0 saturated heterocycles. The number of nitrogens with one attached hydrogen (secondary N) is 2. The molecule has 1 rings (SSSR count). The molecule has 0 bridgehead atoms. The Bertz CT molecular complexity index is 591. The monoisotopic (exact) mass is 321 g/mol. The number of alkyl carbamates (subject to hydrolysis) is 1. The van der Waals surface area contributed by atoms with Crippen LogP contribution in [0.2, 0.25) is 0 Å². The molecular weight excluding hydrogens is 298 g/mol. The first-order valence-electron chi connectivity index (χ1n) is 7.17. The second kappa shape index (κ2) is 7.62. The summed E-state index contributed by atoms with van der Waals surface area (Å²) < 4.78 is 5.04. The zero-order chi connectivity index (χ0) is 17.6. The molecule has 0 heterocycles. The molecule has 0 atom stereocenters. The van der Waals surface area contributed by atoms with E-state index < -0.39 is 17.6 Å². The van der Waals surface area contributed by atoms with E-state index in [2.05, 4.69) is 10.6 Å². The molecule has 23 heavy (non-hydrogen) atoms. The van der Waals surface area contributed by atoms with Gasteiger partial charge in [0.05, 0.1) is 11.3 Å². The Labute approximate surface area is 136 Å². The van der Waals surface area contributed by atoms with Gasteiger partial charge in [0.2, 0.25) is 5.91 Å². The summed E-state index contributed by atoms with van der Waals surface area (Å²) in [6, 6.07) is 6.68. The molecule has 7 heteroatoms. The van der Waals surface area contributed by atoms with Gasteiger partial charge in [-0.05, 0) is 32.9 Å². The van der Waals surface area contributed by atoms with E-state index in [1.54, 1.807) is 59.1 Å². The summed E-state index contributed by atoms with van der Waals surface area (Å²) in [6.45, 7) is 4.95. The molecule has 0 saturated carbocycles. The molecule has 0 unspecified atom stereocenters. The largest absolute Gasteiger partial charge is 0.444 e. The molecule has 1 aromatic carbocycles. The standard InChI is InChI=1S/C16H23N3O4/c1-16(2,3)23-15(22)17-10-13(20)18-12-9-7-6-8-11(12)14(21)19(4)5/h6-9H,10H2,1-5H3,(H,17,22)(H,18,20). The molecule has 7 nitrogen and oxygen atoms in total. The van der Waals surface area contributed by atoms with Crippen LogP contribution in [-0.4, -0.2) is 49.0 Å². The van der Waals surface area contributed by atoms with Crippen LogP contribution < -0.4 is 10.6 Å². The predicted octanol–water partition coefficient (Wildman–Crippen LogP) is 1.85. The summed E-state index contributed by atoms with van der Waals surface area (Å²) in [5.41, 5.74) is 0.135. The second-order valence-corrected chi connectivity index (χ2v) is 6.15. The molecule has 3 amide bonds. The first-order chi connectivity index (χ1) is 10.6. The molecule has 0 aromatic heterocycles. The highest BCUT2D eigenvalue weighted by Crippen LogP contribution is 2.16. The van der Waals surface area contributed by atoms with Crippen LogP contribution in [0.3, 0.4) is 0 Å². The van der Waals surface area contributed by atoms with Gasteiger partial charge >= 0.3 is 6.09 Å². The van der Waals surface area contributed by atoms with Crippen molar-refractivity contribution in [3.8, 4) is 0 Å². The lowest BCUT2D eigenvalue weighted by atomic mass is 10.1. The molecule has 0 fully saturated rings.